The number of hydrogen-bond acceptors (Lipinski definition) is 3. The smallest absolute Gasteiger partial charge is 0.404 e. The van der Waals surface area contributed by atoms with Gasteiger partial charge in [0.1, 0.15) is 11.8 Å². The number of rotatable bonds is 3. The highest BCUT2D eigenvalue weighted by atomic mass is 19.4. The molecule has 0 aromatic carbocycles. The van der Waals surface area contributed by atoms with E-state index in [1.165, 1.54) is 19.4 Å². The number of halogens is 3. The van der Waals surface area contributed by atoms with Gasteiger partial charge in [-0.25, -0.2) is 0 Å². The summed E-state index contributed by atoms with van der Waals surface area (Å²) in [5.74, 6) is 0.467. The Labute approximate surface area is 85.1 Å². The van der Waals surface area contributed by atoms with E-state index in [-0.39, 0.29) is 12.1 Å². The molecule has 0 aliphatic rings. The Bertz CT molecular complexity index is 327. The molecule has 2 N–H and O–H groups in total. The lowest BCUT2D eigenvalue weighted by molar-refractivity contribution is -0.147. The third-order valence-electron chi connectivity index (χ3n) is 1.87. The van der Waals surface area contributed by atoms with E-state index < -0.39 is 12.2 Å². The number of aromatic nitrogens is 1. The number of nitrogens with two attached hydrogens (primary N) is 1. The maximum absolute atomic E-state index is 12.1. The van der Waals surface area contributed by atoms with Gasteiger partial charge in [0.15, 0.2) is 0 Å². The van der Waals surface area contributed by atoms with Crippen LogP contribution in [0.4, 0.5) is 13.2 Å². The minimum atomic E-state index is -4.40. The van der Waals surface area contributed by atoms with E-state index in [1.807, 2.05) is 0 Å². The maximum Gasteiger partial charge on any atom is 0.404 e. The fourth-order valence-corrected chi connectivity index (χ4v) is 1.04. The summed E-state index contributed by atoms with van der Waals surface area (Å²) in [7, 11) is 1.43. The van der Waals surface area contributed by atoms with Crippen LogP contribution in [-0.4, -0.2) is 24.3 Å². The summed E-state index contributed by atoms with van der Waals surface area (Å²) in [6, 6.07) is 1.10. The predicted octanol–water partition coefficient (Wildman–Crippen LogP) is 1.52. The first-order valence-electron chi connectivity index (χ1n) is 4.24. The van der Waals surface area contributed by atoms with Crippen LogP contribution >= 0.6 is 0 Å². The molecular weight excluding hydrogens is 209 g/mol. The summed E-state index contributed by atoms with van der Waals surface area (Å²) in [5, 5.41) is 0. The van der Waals surface area contributed by atoms with Crippen molar-refractivity contribution in [1.29, 1.82) is 0 Å². The van der Waals surface area contributed by atoms with Gasteiger partial charge in [0.2, 0.25) is 0 Å². The molecule has 0 fully saturated rings. The first-order valence-corrected chi connectivity index (χ1v) is 4.24. The summed E-state index contributed by atoms with van der Waals surface area (Å²) in [5.41, 5.74) is 5.23. The normalized spacial score (nSPS) is 13.7. The zero-order chi connectivity index (χ0) is 11.5. The maximum atomic E-state index is 12.1. The molecular formula is C9H11F3N2O. The van der Waals surface area contributed by atoms with Crippen LogP contribution in [0.1, 0.15) is 5.69 Å². The largest absolute Gasteiger partial charge is 0.497 e. The highest BCUT2D eigenvalue weighted by molar-refractivity contribution is 5.23. The quantitative estimate of drug-likeness (QED) is 0.840. The lowest BCUT2D eigenvalue weighted by Gasteiger charge is -2.14. The van der Waals surface area contributed by atoms with Crippen molar-refractivity contribution in [2.24, 2.45) is 5.73 Å². The monoisotopic (exact) mass is 220 g/mol. The fraction of sp³-hybridized carbons (Fsp3) is 0.444. The van der Waals surface area contributed by atoms with Crippen LogP contribution in [0.5, 0.6) is 5.75 Å². The first-order chi connectivity index (χ1) is 6.93. The van der Waals surface area contributed by atoms with Crippen molar-refractivity contribution < 1.29 is 17.9 Å². The molecule has 0 spiro atoms. The Morgan fingerprint density at radius 1 is 1.53 bits per heavy atom. The molecule has 1 rings (SSSR count). The number of pyridine rings is 1. The Hall–Kier alpha value is -1.30. The van der Waals surface area contributed by atoms with Crippen molar-refractivity contribution in [2.75, 3.05) is 7.11 Å². The van der Waals surface area contributed by atoms with Crippen LogP contribution in [0.3, 0.4) is 0 Å². The molecule has 0 radical (unpaired) electrons. The van der Waals surface area contributed by atoms with Crippen molar-refractivity contribution >= 4 is 0 Å². The Morgan fingerprint density at radius 3 is 2.73 bits per heavy atom. The molecule has 1 unspecified atom stereocenters. The van der Waals surface area contributed by atoms with Crippen LogP contribution in [0.15, 0.2) is 18.3 Å². The first kappa shape index (κ1) is 11.8. The Balaban J connectivity index is 2.72. The molecule has 1 aromatic rings. The summed E-state index contributed by atoms with van der Waals surface area (Å²) >= 11 is 0. The molecule has 0 saturated heterocycles. The summed E-state index contributed by atoms with van der Waals surface area (Å²) in [6.45, 7) is 0. The van der Waals surface area contributed by atoms with Crippen molar-refractivity contribution in [2.45, 2.75) is 18.6 Å². The lowest BCUT2D eigenvalue weighted by Crippen LogP contribution is -2.39. The van der Waals surface area contributed by atoms with E-state index in [1.54, 1.807) is 6.07 Å². The molecule has 0 aliphatic carbocycles. The molecule has 1 aromatic heterocycles. The summed E-state index contributed by atoms with van der Waals surface area (Å²) in [6.07, 6.45) is -3.36. The molecule has 1 atom stereocenters. The molecule has 84 valence electrons. The van der Waals surface area contributed by atoms with Crippen LogP contribution in [-0.2, 0) is 6.42 Å². The Morgan fingerprint density at radius 2 is 2.20 bits per heavy atom. The average molecular weight is 220 g/mol. The van der Waals surface area contributed by atoms with Gasteiger partial charge >= 0.3 is 6.18 Å². The third-order valence-corrected chi connectivity index (χ3v) is 1.87. The second kappa shape index (κ2) is 4.48. The summed E-state index contributed by atoms with van der Waals surface area (Å²) < 4.78 is 41.3. The van der Waals surface area contributed by atoms with Crippen LogP contribution in [0.2, 0.25) is 0 Å². The van der Waals surface area contributed by atoms with Crippen molar-refractivity contribution in [3.8, 4) is 5.75 Å². The lowest BCUT2D eigenvalue weighted by atomic mass is 10.1. The zero-order valence-corrected chi connectivity index (χ0v) is 8.08. The number of methoxy groups -OCH3 is 1. The van der Waals surface area contributed by atoms with Gasteiger partial charge in [0.25, 0.3) is 0 Å². The van der Waals surface area contributed by atoms with Gasteiger partial charge in [-0.15, -0.1) is 0 Å². The van der Waals surface area contributed by atoms with E-state index >= 15 is 0 Å². The Kier molecular flexibility index (Phi) is 3.52. The van der Waals surface area contributed by atoms with Crippen LogP contribution in [0.25, 0.3) is 0 Å². The van der Waals surface area contributed by atoms with Gasteiger partial charge in [-0.05, 0) is 6.07 Å². The van der Waals surface area contributed by atoms with Gasteiger partial charge in [-0.1, -0.05) is 0 Å². The number of nitrogens with zero attached hydrogens (tertiary/aromatic N) is 1. The predicted molar refractivity (Wildman–Crippen MR) is 48.5 cm³/mol. The minimum Gasteiger partial charge on any atom is -0.497 e. The van der Waals surface area contributed by atoms with E-state index in [0.717, 1.165) is 0 Å². The van der Waals surface area contributed by atoms with Gasteiger partial charge in [-0.3, -0.25) is 4.98 Å². The molecule has 0 aliphatic heterocycles. The van der Waals surface area contributed by atoms with Crippen molar-refractivity contribution in [1.82, 2.24) is 4.98 Å². The molecule has 1 heterocycles. The second-order valence-corrected chi connectivity index (χ2v) is 3.04. The molecule has 0 amide bonds. The molecule has 6 heteroatoms. The number of ether oxygens (including phenoxy) is 1. The van der Waals surface area contributed by atoms with Crippen molar-refractivity contribution in [3.63, 3.8) is 0 Å². The van der Waals surface area contributed by atoms with Crippen LogP contribution < -0.4 is 10.5 Å². The fourth-order valence-electron chi connectivity index (χ4n) is 1.04. The highest BCUT2D eigenvalue weighted by Crippen LogP contribution is 2.21. The standard InChI is InChI=1S/C9H11F3N2O/c1-15-7-2-3-14-6(4-7)5-8(13)9(10,11)12/h2-4,8H,5,13H2,1H3. The average Bonchev–Trinajstić information content (AvgIpc) is 2.16. The minimum absolute atomic E-state index is 0.263. The van der Waals surface area contributed by atoms with Crippen LogP contribution in [0, 0.1) is 0 Å². The van der Waals surface area contributed by atoms with Crippen molar-refractivity contribution in [3.05, 3.63) is 24.0 Å². The number of hydrogen-bond donors (Lipinski definition) is 1. The second-order valence-electron chi connectivity index (χ2n) is 3.04. The van der Waals surface area contributed by atoms with E-state index in [2.05, 4.69) is 4.98 Å². The third kappa shape index (κ3) is 3.39. The van der Waals surface area contributed by atoms with E-state index in [0.29, 0.717) is 5.75 Å². The molecule has 0 bridgehead atoms. The van der Waals surface area contributed by atoms with E-state index in [9.17, 15) is 13.2 Å². The highest BCUT2D eigenvalue weighted by Gasteiger charge is 2.36. The molecule has 0 saturated carbocycles. The molecule has 3 nitrogen and oxygen atoms in total. The van der Waals surface area contributed by atoms with E-state index in [4.69, 9.17) is 10.5 Å². The zero-order valence-electron chi connectivity index (χ0n) is 8.08. The summed E-state index contributed by atoms with van der Waals surface area (Å²) in [4.78, 5) is 3.78. The van der Waals surface area contributed by atoms with Gasteiger partial charge < -0.3 is 10.5 Å². The number of alkyl halides is 3. The SMILES string of the molecule is COc1ccnc(CC(N)C(F)(F)F)c1. The topological polar surface area (TPSA) is 48.1 Å². The van der Waals surface area contributed by atoms with Gasteiger partial charge in [0, 0.05) is 24.4 Å². The van der Waals surface area contributed by atoms with Gasteiger partial charge in [-0.2, -0.15) is 13.2 Å². The van der Waals surface area contributed by atoms with Gasteiger partial charge in [0.05, 0.1) is 7.11 Å². The molecule has 15 heavy (non-hydrogen) atoms.